The van der Waals surface area contributed by atoms with Crippen molar-refractivity contribution < 1.29 is 23.9 Å². The summed E-state index contributed by atoms with van der Waals surface area (Å²) in [7, 11) is 0. The molecular weight excluding hydrogens is 448 g/mol. The van der Waals surface area contributed by atoms with Gasteiger partial charge in [-0.1, -0.05) is 37.1 Å². The molecule has 2 atom stereocenters. The van der Waals surface area contributed by atoms with E-state index in [2.05, 4.69) is 16.9 Å². The molecule has 0 radical (unpaired) electrons. The van der Waals surface area contributed by atoms with Crippen LogP contribution < -0.4 is 15.6 Å². The van der Waals surface area contributed by atoms with Crippen LogP contribution in [0, 0.1) is 23.2 Å². The van der Waals surface area contributed by atoms with Crippen molar-refractivity contribution in [3.05, 3.63) is 54.1 Å². The van der Waals surface area contributed by atoms with Crippen LogP contribution in [0.5, 0.6) is 5.75 Å². The van der Waals surface area contributed by atoms with E-state index >= 15 is 0 Å². The van der Waals surface area contributed by atoms with Gasteiger partial charge in [-0.25, -0.2) is 0 Å². The maximum Gasteiger partial charge on any atom is 0.276 e. The van der Waals surface area contributed by atoms with Gasteiger partial charge in [0.25, 0.3) is 5.91 Å². The zero-order chi connectivity index (χ0) is 24.8. The molecule has 35 heavy (non-hydrogen) atoms. The van der Waals surface area contributed by atoms with Crippen molar-refractivity contribution in [2.75, 3.05) is 13.2 Å². The third-order valence-corrected chi connectivity index (χ3v) is 6.41. The lowest BCUT2D eigenvalue weighted by Crippen LogP contribution is -2.45. The first-order chi connectivity index (χ1) is 17.0. The summed E-state index contributed by atoms with van der Waals surface area (Å²) in [4.78, 5) is 50.2. The number of ether oxygens (including phenoxy) is 1. The summed E-state index contributed by atoms with van der Waals surface area (Å²) < 4.78 is 5.45. The SMILES string of the molecule is N#Cc1ccc(-c2ccc(OCC(=O)NNC(=O)CCN3C(=O)[C@H]4CCCC[C@H]4C3=O)cc2)cc1. The lowest BCUT2D eigenvalue weighted by Gasteiger charge is -2.19. The summed E-state index contributed by atoms with van der Waals surface area (Å²) in [6.45, 7) is -0.294. The van der Waals surface area contributed by atoms with E-state index in [-0.39, 0.29) is 43.2 Å². The second-order valence-electron chi connectivity index (χ2n) is 8.67. The standard InChI is InChI=1S/C26H26N4O5/c27-15-17-5-7-18(8-6-17)19-9-11-20(12-10-19)35-16-24(32)29-28-23(31)13-14-30-25(33)21-3-1-2-4-22(21)26(30)34/h5-12,21-22H,1-4,13-14,16H2,(H,28,31)(H,29,32)/t21-,22+. The number of hydrogen-bond donors (Lipinski definition) is 2. The minimum atomic E-state index is -0.547. The second-order valence-corrected chi connectivity index (χ2v) is 8.67. The van der Waals surface area contributed by atoms with Crippen LogP contribution in [0.1, 0.15) is 37.7 Å². The number of imide groups is 1. The zero-order valence-corrected chi connectivity index (χ0v) is 19.2. The molecule has 1 aliphatic carbocycles. The fraction of sp³-hybridized carbons (Fsp3) is 0.346. The molecule has 0 bridgehead atoms. The van der Waals surface area contributed by atoms with Gasteiger partial charge in [-0.3, -0.25) is 34.9 Å². The Morgan fingerprint density at radius 2 is 1.43 bits per heavy atom. The van der Waals surface area contributed by atoms with Crippen LogP contribution in [0.3, 0.4) is 0 Å². The van der Waals surface area contributed by atoms with E-state index in [9.17, 15) is 19.2 Å². The number of nitriles is 1. The molecule has 2 fully saturated rings. The number of hydrogen-bond acceptors (Lipinski definition) is 6. The van der Waals surface area contributed by atoms with E-state index in [0.29, 0.717) is 11.3 Å². The molecule has 0 aromatic heterocycles. The Kier molecular flexibility index (Phi) is 7.41. The number of nitrogens with zero attached hydrogens (tertiary/aromatic N) is 2. The summed E-state index contributed by atoms with van der Waals surface area (Å²) >= 11 is 0. The highest BCUT2D eigenvalue weighted by molar-refractivity contribution is 6.05. The largest absolute Gasteiger partial charge is 0.484 e. The average Bonchev–Trinajstić information content (AvgIpc) is 3.14. The third-order valence-electron chi connectivity index (χ3n) is 6.41. The molecule has 0 unspecified atom stereocenters. The first-order valence-corrected chi connectivity index (χ1v) is 11.6. The zero-order valence-electron chi connectivity index (χ0n) is 19.2. The van der Waals surface area contributed by atoms with Crippen molar-refractivity contribution in [3.63, 3.8) is 0 Å². The number of benzene rings is 2. The first kappa shape index (κ1) is 24.0. The molecule has 9 nitrogen and oxygen atoms in total. The van der Waals surface area contributed by atoms with E-state index in [0.717, 1.165) is 36.8 Å². The Hall–Kier alpha value is -4.19. The molecule has 1 saturated carbocycles. The van der Waals surface area contributed by atoms with Gasteiger partial charge in [0.2, 0.25) is 17.7 Å². The fourth-order valence-corrected chi connectivity index (χ4v) is 4.53. The van der Waals surface area contributed by atoms with Crippen LogP contribution in [-0.2, 0) is 19.2 Å². The van der Waals surface area contributed by atoms with Gasteiger partial charge >= 0.3 is 0 Å². The molecule has 1 aliphatic heterocycles. The molecular formula is C26H26N4O5. The van der Waals surface area contributed by atoms with Gasteiger partial charge in [0.05, 0.1) is 23.5 Å². The predicted octanol–water partition coefficient (Wildman–Crippen LogP) is 2.32. The summed E-state index contributed by atoms with van der Waals surface area (Å²) in [6, 6.07) is 16.4. The van der Waals surface area contributed by atoms with Crippen molar-refractivity contribution in [1.82, 2.24) is 15.8 Å². The first-order valence-electron chi connectivity index (χ1n) is 11.6. The highest BCUT2D eigenvalue weighted by atomic mass is 16.5. The Bertz CT molecular complexity index is 1130. The summed E-state index contributed by atoms with van der Waals surface area (Å²) in [5, 5.41) is 8.89. The van der Waals surface area contributed by atoms with Gasteiger partial charge in [-0.05, 0) is 48.2 Å². The van der Waals surface area contributed by atoms with Gasteiger partial charge < -0.3 is 4.74 Å². The number of carbonyl (C=O) groups is 4. The maximum atomic E-state index is 12.5. The van der Waals surface area contributed by atoms with E-state index < -0.39 is 11.8 Å². The Morgan fingerprint density at radius 3 is 2.00 bits per heavy atom. The Balaban J connectivity index is 1.17. The highest BCUT2D eigenvalue weighted by Gasteiger charge is 2.47. The molecule has 2 aromatic carbocycles. The van der Waals surface area contributed by atoms with E-state index in [1.54, 1.807) is 24.3 Å². The lowest BCUT2D eigenvalue weighted by atomic mass is 9.81. The summed E-state index contributed by atoms with van der Waals surface area (Å²) in [6.07, 6.45) is 3.26. The van der Waals surface area contributed by atoms with Crippen molar-refractivity contribution in [2.45, 2.75) is 32.1 Å². The molecule has 180 valence electrons. The quantitative estimate of drug-likeness (QED) is 0.468. The molecule has 1 heterocycles. The van der Waals surface area contributed by atoms with Gasteiger partial charge in [0.15, 0.2) is 6.61 Å². The minimum Gasteiger partial charge on any atom is -0.484 e. The van der Waals surface area contributed by atoms with Crippen LogP contribution >= 0.6 is 0 Å². The highest BCUT2D eigenvalue weighted by Crippen LogP contribution is 2.37. The van der Waals surface area contributed by atoms with Gasteiger partial charge in [-0.2, -0.15) is 5.26 Å². The molecule has 1 saturated heterocycles. The topological polar surface area (TPSA) is 129 Å². The molecule has 4 rings (SSSR count). The maximum absolute atomic E-state index is 12.5. The second kappa shape index (κ2) is 10.8. The summed E-state index contributed by atoms with van der Waals surface area (Å²) in [5.74, 6) is -1.42. The minimum absolute atomic E-state index is 0.00839. The number of amides is 4. The molecule has 9 heteroatoms. The average molecular weight is 475 g/mol. The number of carbonyl (C=O) groups excluding carboxylic acids is 4. The molecule has 0 spiro atoms. The summed E-state index contributed by atoms with van der Waals surface area (Å²) in [5.41, 5.74) is 7.03. The van der Waals surface area contributed by atoms with Crippen molar-refractivity contribution in [2.24, 2.45) is 11.8 Å². The van der Waals surface area contributed by atoms with Crippen molar-refractivity contribution in [1.29, 1.82) is 5.26 Å². The number of fused-ring (bicyclic) bond motifs is 1. The number of nitrogens with one attached hydrogen (secondary N) is 2. The van der Waals surface area contributed by atoms with Gasteiger partial charge in [-0.15, -0.1) is 0 Å². The predicted molar refractivity (Wildman–Crippen MR) is 125 cm³/mol. The molecule has 2 aliphatic rings. The van der Waals surface area contributed by atoms with Gasteiger partial charge in [0.1, 0.15) is 5.75 Å². The molecule has 2 N–H and O–H groups in total. The van der Waals surface area contributed by atoms with E-state index in [4.69, 9.17) is 10.00 Å². The lowest BCUT2D eigenvalue weighted by molar-refractivity contribution is -0.140. The number of likely N-dealkylation sites (tertiary alicyclic amines) is 1. The fourth-order valence-electron chi connectivity index (χ4n) is 4.53. The normalized spacial score (nSPS) is 19.0. The van der Waals surface area contributed by atoms with Crippen molar-refractivity contribution >= 4 is 23.6 Å². The molecule has 4 amide bonds. The number of hydrazine groups is 1. The van der Waals surface area contributed by atoms with Crippen LogP contribution in [0.15, 0.2) is 48.5 Å². The monoisotopic (exact) mass is 474 g/mol. The van der Waals surface area contributed by atoms with E-state index in [1.165, 1.54) is 4.90 Å². The van der Waals surface area contributed by atoms with Crippen molar-refractivity contribution in [3.8, 4) is 22.9 Å². The van der Waals surface area contributed by atoms with Crippen LogP contribution in [0.25, 0.3) is 11.1 Å². The third kappa shape index (κ3) is 5.66. The number of rotatable bonds is 7. The Morgan fingerprint density at radius 1 is 0.886 bits per heavy atom. The van der Waals surface area contributed by atoms with E-state index in [1.807, 2.05) is 24.3 Å². The van der Waals surface area contributed by atoms with Crippen LogP contribution in [0.2, 0.25) is 0 Å². The molecule has 2 aromatic rings. The smallest absolute Gasteiger partial charge is 0.276 e. The van der Waals surface area contributed by atoms with Gasteiger partial charge in [0, 0.05) is 13.0 Å². The van der Waals surface area contributed by atoms with Crippen LogP contribution in [0.4, 0.5) is 0 Å². The van der Waals surface area contributed by atoms with Crippen LogP contribution in [-0.4, -0.2) is 41.7 Å². The Labute approximate surface area is 203 Å².